The van der Waals surface area contributed by atoms with Gasteiger partial charge in [-0.3, -0.25) is 14.3 Å². The average molecular weight is 628 g/mol. The highest BCUT2D eigenvalue weighted by atomic mass is 32.2. The number of carboxylic acid groups (broad SMARTS) is 1. The first kappa shape index (κ1) is 31.8. The van der Waals surface area contributed by atoms with Crippen molar-refractivity contribution in [1.82, 2.24) is 19.8 Å². The Kier molecular flexibility index (Phi) is 9.40. The van der Waals surface area contributed by atoms with E-state index in [2.05, 4.69) is 15.4 Å². The van der Waals surface area contributed by atoms with Crippen LogP contribution in [0.4, 0.5) is 14.5 Å². The van der Waals surface area contributed by atoms with Crippen LogP contribution in [-0.4, -0.2) is 47.6 Å². The van der Waals surface area contributed by atoms with Crippen molar-refractivity contribution in [2.75, 3.05) is 11.8 Å². The molecule has 4 aromatic rings. The van der Waals surface area contributed by atoms with E-state index < -0.39 is 62.1 Å². The van der Waals surface area contributed by atoms with Gasteiger partial charge in [-0.1, -0.05) is 24.3 Å². The zero-order valence-electron chi connectivity index (χ0n) is 23.4. The molecular formula is C29H27F2N5O7S. The molecule has 230 valence electrons. The van der Waals surface area contributed by atoms with Gasteiger partial charge in [-0.15, -0.1) is 0 Å². The quantitative estimate of drug-likeness (QED) is 0.195. The summed E-state index contributed by atoms with van der Waals surface area (Å²) in [5.41, 5.74) is -1.36. The Balaban J connectivity index is 1.49. The number of carbonyl (C=O) groups excluding carboxylic acids is 1. The van der Waals surface area contributed by atoms with E-state index in [4.69, 9.17) is 0 Å². The van der Waals surface area contributed by atoms with Crippen molar-refractivity contribution >= 4 is 27.6 Å². The van der Waals surface area contributed by atoms with Crippen LogP contribution in [0.2, 0.25) is 0 Å². The topological polar surface area (TPSA) is 169 Å². The summed E-state index contributed by atoms with van der Waals surface area (Å²) in [5, 5.41) is 14.7. The molecule has 1 atom stereocenters. The number of nitrogens with one attached hydrogen (secondary N) is 3. The van der Waals surface area contributed by atoms with E-state index in [-0.39, 0.29) is 17.0 Å². The van der Waals surface area contributed by atoms with Crippen LogP contribution in [0.25, 0.3) is 5.69 Å². The number of benzene rings is 3. The summed E-state index contributed by atoms with van der Waals surface area (Å²) < 4.78 is 59.4. The summed E-state index contributed by atoms with van der Waals surface area (Å²) in [6.45, 7) is 0.502. The highest BCUT2D eigenvalue weighted by Crippen LogP contribution is 2.23. The lowest BCUT2D eigenvalue weighted by Crippen LogP contribution is -2.43. The van der Waals surface area contributed by atoms with Crippen molar-refractivity contribution in [1.29, 1.82) is 0 Å². The summed E-state index contributed by atoms with van der Waals surface area (Å²) in [6, 6.07) is 12.3. The maximum absolute atomic E-state index is 14.9. The molecule has 0 aliphatic carbocycles. The number of anilines is 1. The van der Waals surface area contributed by atoms with Crippen LogP contribution in [0.15, 0.2) is 87.4 Å². The number of rotatable bonds is 11. The number of carboxylic acids is 1. The fraction of sp³-hybridized carbons (Fsp3) is 0.172. The molecule has 0 radical (unpaired) electrons. The average Bonchev–Trinajstić information content (AvgIpc) is 2.95. The normalized spacial score (nSPS) is 12.0. The lowest BCUT2D eigenvalue weighted by atomic mass is 10.0. The molecule has 12 nitrogen and oxygen atoms in total. The predicted octanol–water partition coefficient (Wildman–Crippen LogP) is 1.76. The molecule has 1 aromatic heterocycles. The number of nitrogens with zero attached hydrogens (tertiary/aromatic N) is 2. The third kappa shape index (κ3) is 7.07. The molecule has 44 heavy (non-hydrogen) atoms. The van der Waals surface area contributed by atoms with E-state index in [0.717, 1.165) is 10.1 Å². The Morgan fingerprint density at radius 2 is 1.52 bits per heavy atom. The summed E-state index contributed by atoms with van der Waals surface area (Å²) in [6.07, 6.45) is 1.01. The standard InChI is InChI=1S/C29H27F2N5O7S/c1-32-16-18-5-9-21(10-6-18)44(42,43)34-19-14-22(30)26(23(31)15-19)27(38)33-24(28(39)40)13-17-3-7-20(8-4-17)36-25(37)11-12-35(2)29(36)41/h3-12,14-15,24,32,34H,13,16H2,1-2H3,(H,33,38)(H,39,40)/t24-/m0/s1. The molecule has 1 heterocycles. The Bertz CT molecular complexity index is 1920. The highest BCUT2D eigenvalue weighted by Gasteiger charge is 2.26. The minimum atomic E-state index is -4.22. The SMILES string of the molecule is CNCc1ccc(S(=O)(=O)Nc2cc(F)c(C(=O)N[C@@H](Cc3ccc(-n4c(=O)ccn(C)c4=O)cc3)C(=O)O)c(F)c2)cc1. The van der Waals surface area contributed by atoms with Gasteiger partial charge in [0.15, 0.2) is 0 Å². The lowest BCUT2D eigenvalue weighted by Gasteiger charge is -2.16. The summed E-state index contributed by atoms with van der Waals surface area (Å²) in [7, 11) is -1.03. The second-order valence-electron chi connectivity index (χ2n) is 9.71. The van der Waals surface area contributed by atoms with Crippen molar-refractivity contribution in [3.63, 3.8) is 0 Å². The second kappa shape index (κ2) is 13.0. The van der Waals surface area contributed by atoms with Crippen LogP contribution in [-0.2, 0) is 34.8 Å². The van der Waals surface area contributed by atoms with Gasteiger partial charge in [-0.2, -0.15) is 0 Å². The van der Waals surface area contributed by atoms with Gasteiger partial charge in [-0.05, 0) is 54.6 Å². The van der Waals surface area contributed by atoms with Crippen LogP contribution in [0.5, 0.6) is 0 Å². The van der Waals surface area contributed by atoms with Gasteiger partial charge in [-0.25, -0.2) is 31.4 Å². The molecule has 4 N–H and O–H groups in total. The largest absolute Gasteiger partial charge is 0.480 e. The van der Waals surface area contributed by atoms with Gasteiger partial charge in [0.1, 0.15) is 23.2 Å². The molecule has 0 aliphatic heterocycles. The van der Waals surface area contributed by atoms with Gasteiger partial charge >= 0.3 is 11.7 Å². The van der Waals surface area contributed by atoms with Crippen LogP contribution in [0.3, 0.4) is 0 Å². The summed E-state index contributed by atoms with van der Waals surface area (Å²) in [5.74, 6) is -5.72. The highest BCUT2D eigenvalue weighted by molar-refractivity contribution is 7.92. The van der Waals surface area contributed by atoms with Gasteiger partial charge in [0.25, 0.3) is 21.5 Å². The van der Waals surface area contributed by atoms with Crippen molar-refractivity contribution in [3.8, 4) is 5.69 Å². The summed E-state index contributed by atoms with van der Waals surface area (Å²) >= 11 is 0. The van der Waals surface area contributed by atoms with Crippen LogP contribution >= 0.6 is 0 Å². The van der Waals surface area contributed by atoms with Crippen LogP contribution < -0.4 is 26.6 Å². The number of sulfonamides is 1. The first-order valence-electron chi connectivity index (χ1n) is 13.0. The summed E-state index contributed by atoms with van der Waals surface area (Å²) in [4.78, 5) is 49.0. The molecular weight excluding hydrogens is 600 g/mol. The third-order valence-corrected chi connectivity index (χ3v) is 7.93. The Morgan fingerprint density at radius 3 is 2.09 bits per heavy atom. The number of amides is 1. The van der Waals surface area contributed by atoms with Crippen LogP contribution in [0.1, 0.15) is 21.5 Å². The van der Waals surface area contributed by atoms with Crippen molar-refractivity contribution in [2.24, 2.45) is 7.05 Å². The third-order valence-electron chi connectivity index (χ3n) is 6.53. The first-order valence-corrected chi connectivity index (χ1v) is 14.5. The number of aliphatic carboxylic acids is 1. The fourth-order valence-electron chi connectivity index (χ4n) is 4.30. The zero-order chi connectivity index (χ0) is 32.2. The van der Waals surface area contributed by atoms with E-state index >= 15 is 0 Å². The number of carbonyl (C=O) groups is 2. The Labute approximate surface area is 249 Å². The van der Waals surface area contributed by atoms with Gasteiger partial charge < -0.3 is 20.3 Å². The van der Waals surface area contributed by atoms with Crippen molar-refractivity contribution < 1.29 is 31.9 Å². The molecule has 4 rings (SSSR count). The number of hydrogen-bond donors (Lipinski definition) is 4. The monoisotopic (exact) mass is 627 g/mol. The molecule has 0 unspecified atom stereocenters. The maximum atomic E-state index is 14.9. The molecule has 0 fully saturated rings. The molecule has 15 heteroatoms. The van der Waals surface area contributed by atoms with Crippen molar-refractivity contribution in [2.45, 2.75) is 23.9 Å². The molecule has 3 aromatic carbocycles. The van der Waals surface area contributed by atoms with E-state index in [9.17, 15) is 41.5 Å². The number of aromatic nitrogens is 2. The molecule has 0 spiro atoms. The number of aryl methyl sites for hydroxylation is 1. The van der Waals surface area contributed by atoms with Crippen LogP contribution in [0, 0.1) is 11.6 Å². The van der Waals surface area contributed by atoms with Gasteiger partial charge in [0.2, 0.25) is 0 Å². The number of halogens is 2. The minimum absolute atomic E-state index is 0.157. The zero-order valence-corrected chi connectivity index (χ0v) is 24.2. The first-order chi connectivity index (χ1) is 20.8. The molecule has 0 saturated carbocycles. The number of hydrogen-bond acceptors (Lipinski definition) is 7. The molecule has 0 aliphatic rings. The van der Waals surface area contributed by atoms with Gasteiger partial charge in [0.05, 0.1) is 16.3 Å². The fourth-order valence-corrected chi connectivity index (χ4v) is 5.34. The van der Waals surface area contributed by atoms with E-state index in [1.165, 1.54) is 60.3 Å². The van der Waals surface area contributed by atoms with E-state index in [1.807, 2.05) is 0 Å². The van der Waals surface area contributed by atoms with E-state index in [1.54, 1.807) is 19.2 Å². The molecule has 0 bridgehead atoms. The maximum Gasteiger partial charge on any atom is 0.335 e. The van der Waals surface area contributed by atoms with Crippen molar-refractivity contribution in [3.05, 3.63) is 122 Å². The lowest BCUT2D eigenvalue weighted by molar-refractivity contribution is -0.139. The van der Waals surface area contributed by atoms with E-state index in [0.29, 0.717) is 24.2 Å². The molecule has 0 saturated heterocycles. The predicted molar refractivity (Wildman–Crippen MR) is 156 cm³/mol. The Morgan fingerprint density at radius 1 is 0.932 bits per heavy atom. The Hall–Kier alpha value is -5.15. The minimum Gasteiger partial charge on any atom is -0.480 e. The smallest absolute Gasteiger partial charge is 0.335 e. The molecule has 1 amide bonds. The second-order valence-corrected chi connectivity index (χ2v) is 11.4. The van der Waals surface area contributed by atoms with Gasteiger partial charge in [0, 0.05) is 32.3 Å².